The van der Waals surface area contributed by atoms with Gasteiger partial charge in [0.15, 0.2) is 5.78 Å². The van der Waals surface area contributed by atoms with E-state index in [4.69, 9.17) is 14.0 Å². The van der Waals surface area contributed by atoms with Gasteiger partial charge >= 0.3 is 51.0 Å². The van der Waals surface area contributed by atoms with Crippen LogP contribution in [-0.2, 0) is 48.1 Å². The zero-order valence-electron chi connectivity index (χ0n) is 15.5. The van der Waals surface area contributed by atoms with E-state index in [0.29, 0.717) is 0 Å². The van der Waals surface area contributed by atoms with E-state index in [1.807, 2.05) is 94.4 Å². The van der Waals surface area contributed by atoms with Gasteiger partial charge in [0.1, 0.15) is 0 Å². The minimum atomic E-state index is 0. The second-order valence-corrected chi connectivity index (χ2v) is 4.70. The van der Waals surface area contributed by atoms with E-state index < -0.39 is 0 Å². The van der Waals surface area contributed by atoms with E-state index in [-0.39, 0.29) is 39.9 Å². The Bertz CT molecular complexity index is 473. The van der Waals surface area contributed by atoms with E-state index in [0.717, 1.165) is 11.5 Å². The number of carbonyl (C=O) groups excluding carboxylic acids is 1. The van der Waals surface area contributed by atoms with Crippen molar-refractivity contribution >= 4 is 17.5 Å². The SMILES string of the molecule is O=C([C]1[CH][CH][CH][CH]1)c1ccccc1.[C-]#[O+].[C-]#[O+].[C-]#[O+].[CH2-]SC.[CH]1[CH][CH][CH][CH]1.[Fe+2].[Fe]. The molecule has 2 saturated carbocycles. The van der Waals surface area contributed by atoms with Crippen LogP contribution in [0.4, 0.5) is 0 Å². The third kappa shape index (κ3) is 23.6. The second kappa shape index (κ2) is 35.0. The molecule has 0 heterocycles. The van der Waals surface area contributed by atoms with Crippen LogP contribution >= 0.6 is 11.8 Å². The minimum Gasteiger partial charge on any atom is -0.357 e. The summed E-state index contributed by atoms with van der Waals surface area (Å²) < 4.78 is 22.5. The average Bonchev–Trinajstić information content (AvgIpc) is 3.50. The molecule has 2 fully saturated rings. The van der Waals surface area contributed by atoms with Crippen LogP contribution in [0, 0.1) is 89.9 Å². The van der Waals surface area contributed by atoms with Gasteiger partial charge in [0.05, 0.1) is 5.92 Å². The van der Waals surface area contributed by atoms with Crippen LogP contribution in [0.3, 0.4) is 0 Å². The first-order valence-corrected chi connectivity index (χ1v) is 8.56. The van der Waals surface area contributed by atoms with Gasteiger partial charge < -0.3 is 11.8 Å². The molecule has 0 bridgehead atoms. The molecule has 152 valence electrons. The van der Waals surface area contributed by atoms with Gasteiger partial charge in [0.2, 0.25) is 0 Å². The molecular formula is C22H19Fe2O4S+. The summed E-state index contributed by atoms with van der Waals surface area (Å²) in [5, 5.41) is 0. The predicted molar refractivity (Wildman–Crippen MR) is 103 cm³/mol. The third-order valence-corrected chi connectivity index (χ3v) is 2.52. The molecule has 0 amide bonds. The monoisotopic (exact) mass is 491 g/mol. The molecular weight excluding hydrogens is 472 g/mol. The predicted octanol–water partition coefficient (Wildman–Crippen LogP) is 4.32. The van der Waals surface area contributed by atoms with E-state index in [2.05, 4.69) is 26.2 Å². The Kier molecular flexibility index (Phi) is 47.1. The largest absolute Gasteiger partial charge is 2.00 e. The van der Waals surface area contributed by atoms with Crippen molar-refractivity contribution in [1.29, 1.82) is 0 Å². The van der Waals surface area contributed by atoms with Gasteiger partial charge in [0, 0.05) is 22.6 Å². The number of thioether (sulfide) groups is 1. The molecule has 4 nitrogen and oxygen atoms in total. The Labute approximate surface area is 201 Å². The van der Waals surface area contributed by atoms with Crippen LogP contribution in [0.1, 0.15) is 10.4 Å². The number of benzene rings is 1. The standard InChI is InChI=1S/C12H9O.C5H5.C2H5S.3CO.2Fe/c13-12(11-8-4-5-9-11)10-6-2-1-3-7-10;1-2-4-5-3-1;1-3-2;3*1-2;;/h1-9H;1-5H;1H2,2H3;;;;;/q;;-1;;;;;+2. The molecule has 0 unspecified atom stereocenters. The Balaban J connectivity index is -0.000000102. The van der Waals surface area contributed by atoms with Crippen LogP contribution in [0.25, 0.3) is 0 Å². The molecule has 0 atom stereocenters. The fraction of sp³-hybridized carbons (Fsp3) is 0.0455. The van der Waals surface area contributed by atoms with Gasteiger partial charge in [-0.1, -0.05) is 30.3 Å². The molecule has 2 aliphatic carbocycles. The molecule has 3 rings (SSSR count). The topological polar surface area (TPSA) is 76.8 Å². The van der Waals surface area contributed by atoms with E-state index in [1.54, 1.807) is 0 Å². The van der Waals surface area contributed by atoms with Gasteiger partial charge in [-0.15, -0.1) is 0 Å². The molecule has 1 aromatic carbocycles. The van der Waals surface area contributed by atoms with E-state index in [9.17, 15) is 4.79 Å². The van der Waals surface area contributed by atoms with Crippen molar-refractivity contribution in [2.45, 2.75) is 0 Å². The molecule has 0 spiro atoms. The van der Waals surface area contributed by atoms with Crippen LogP contribution in [0.15, 0.2) is 30.3 Å². The van der Waals surface area contributed by atoms with E-state index >= 15 is 0 Å². The van der Waals surface area contributed by atoms with Crippen molar-refractivity contribution in [3.63, 3.8) is 0 Å². The molecule has 0 aromatic heterocycles. The summed E-state index contributed by atoms with van der Waals surface area (Å²) in [6.07, 6.45) is 22.7. The number of rotatable bonds is 2. The summed E-state index contributed by atoms with van der Waals surface area (Å²) in [6, 6.07) is 9.30. The van der Waals surface area contributed by atoms with Crippen LogP contribution in [0.2, 0.25) is 0 Å². The van der Waals surface area contributed by atoms with Crippen molar-refractivity contribution < 1.29 is 52.9 Å². The van der Waals surface area contributed by atoms with E-state index in [1.165, 1.54) is 11.8 Å². The molecule has 2 aliphatic rings. The van der Waals surface area contributed by atoms with Crippen molar-refractivity contribution in [1.82, 2.24) is 0 Å². The molecule has 0 aliphatic heterocycles. The maximum atomic E-state index is 11.7. The van der Waals surface area contributed by atoms with Gasteiger partial charge in [0.25, 0.3) is 0 Å². The van der Waals surface area contributed by atoms with Crippen molar-refractivity contribution in [3.05, 3.63) is 126 Å². The number of Topliss-reactive ketones (excluding diaryl/α,β-unsaturated/α-hetero) is 1. The maximum absolute atomic E-state index is 11.7. The molecule has 7 heteroatoms. The summed E-state index contributed by atoms with van der Waals surface area (Å²) in [7, 11) is 0. The fourth-order valence-electron chi connectivity index (χ4n) is 1.60. The van der Waals surface area contributed by atoms with Crippen molar-refractivity contribution in [2.75, 3.05) is 6.26 Å². The zero-order valence-corrected chi connectivity index (χ0v) is 18.6. The second-order valence-electron chi connectivity index (χ2n) is 4.12. The van der Waals surface area contributed by atoms with Crippen molar-refractivity contribution in [3.8, 4) is 0 Å². The normalized spacial score (nSPS) is 12.8. The fourth-order valence-corrected chi connectivity index (χ4v) is 1.60. The summed E-state index contributed by atoms with van der Waals surface area (Å²) in [4.78, 5) is 11.7. The first-order chi connectivity index (χ1) is 13.3. The Morgan fingerprint density at radius 1 is 0.793 bits per heavy atom. The summed E-state index contributed by atoms with van der Waals surface area (Å²) in [5.41, 5.74) is 0.744. The Morgan fingerprint density at radius 3 is 1.41 bits per heavy atom. The Morgan fingerprint density at radius 2 is 1.10 bits per heavy atom. The van der Waals surface area contributed by atoms with Crippen LogP contribution in [0.5, 0.6) is 0 Å². The van der Waals surface area contributed by atoms with Crippen LogP contribution < -0.4 is 0 Å². The van der Waals surface area contributed by atoms with Crippen molar-refractivity contribution in [2.24, 2.45) is 0 Å². The molecule has 0 N–H and O–H groups in total. The van der Waals surface area contributed by atoms with Gasteiger partial charge in [-0.2, -0.15) is 0 Å². The molecule has 29 heavy (non-hydrogen) atoms. The zero-order chi connectivity index (χ0) is 21.3. The maximum Gasteiger partial charge on any atom is 2.00 e. The first kappa shape index (κ1) is 39.0. The Hall–Kier alpha value is -0.501. The quantitative estimate of drug-likeness (QED) is 0.268. The van der Waals surface area contributed by atoms with Gasteiger partial charge in [-0.25, -0.2) is 0 Å². The summed E-state index contributed by atoms with van der Waals surface area (Å²) in [6.45, 7) is 13.5. The minimum absolute atomic E-state index is 0. The molecule has 0 saturated heterocycles. The van der Waals surface area contributed by atoms with Crippen LogP contribution in [-0.4, -0.2) is 12.0 Å². The van der Waals surface area contributed by atoms with Gasteiger partial charge in [-0.3, -0.25) is 11.1 Å². The molecule has 10 radical (unpaired) electrons. The number of carbonyl (C=O) groups is 1. The van der Waals surface area contributed by atoms with Gasteiger partial charge in [-0.05, 0) is 64.0 Å². The smallest absolute Gasteiger partial charge is 0.357 e. The number of hydrogen-bond donors (Lipinski definition) is 0. The molecule has 1 aromatic rings. The number of hydrogen-bond acceptors (Lipinski definition) is 2. The first-order valence-electron chi connectivity index (χ1n) is 7.17. The summed E-state index contributed by atoms with van der Waals surface area (Å²) >= 11 is 1.50. The number of ketones is 1. The third-order valence-electron chi connectivity index (χ3n) is 2.52. The summed E-state index contributed by atoms with van der Waals surface area (Å²) in [5.74, 6) is 0.844. The average molecular weight is 491 g/mol.